The van der Waals surface area contributed by atoms with Crippen molar-refractivity contribution in [2.75, 3.05) is 6.54 Å². The summed E-state index contributed by atoms with van der Waals surface area (Å²) >= 11 is 0. The fourth-order valence-corrected chi connectivity index (χ4v) is 3.29. The summed E-state index contributed by atoms with van der Waals surface area (Å²) < 4.78 is 44.1. The molecule has 2 rings (SSSR count). The number of carboxylic acid groups (broad SMARTS) is 1. The standard InChI is InChI=1S/C15H16FNO5S/c1-2-13-7-8-15(22-13)23(20,21)17(10-14(18)19)9-11-3-5-12(16)6-4-11/h3-8H,2,9-10H2,1H3,(H,18,19). The highest BCUT2D eigenvalue weighted by molar-refractivity contribution is 7.89. The number of rotatable bonds is 7. The van der Waals surface area contributed by atoms with Gasteiger partial charge in [0.05, 0.1) is 0 Å². The second kappa shape index (κ2) is 6.93. The molecule has 0 aliphatic carbocycles. The molecule has 0 radical (unpaired) electrons. The largest absolute Gasteiger partial charge is 0.480 e. The Kier molecular flexibility index (Phi) is 5.17. The second-order valence-corrected chi connectivity index (χ2v) is 6.74. The number of halogens is 1. The number of hydrogen-bond donors (Lipinski definition) is 1. The van der Waals surface area contributed by atoms with Crippen LogP contribution in [-0.4, -0.2) is 30.3 Å². The smallest absolute Gasteiger partial charge is 0.318 e. The third-order valence-corrected chi connectivity index (χ3v) is 4.83. The fourth-order valence-electron chi connectivity index (χ4n) is 1.98. The molecule has 2 aromatic rings. The molecule has 23 heavy (non-hydrogen) atoms. The van der Waals surface area contributed by atoms with Gasteiger partial charge in [0.15, 0.2) is 0 Å². The third-order valence-electron chi connectivity index (χ3n) is 3.16. The zero-order valence-corrected chi connectivity index (χ0v) is 13.2. The van der Waals surface area contributed by atoms with Crippen LogP contribution >= 0.6 is 0 Å². The van der Waals surface area contributed by atoms with Gasteiger partial charge in [0.1, 0.15) is 18.1 Å². The predicted octanol–water partition coefficient (Wildman–Crippen LogP) is 2.26. The normalized spacial score (nSPS) is 11.8. The van der Waals surface area contributed by atoms with Gasteiger partial charge in [-0.25, -0.2) is 12.8 Å². The molecule has 124 valence electrons. The highest BCUT2D eigenvalue weighted by Gasteiger charge is 2.29. The minimum absolute atomic E-state index is 0.197. The molecule has 0 aliphatic heterocycles. The molecule has 0 bridgehead atoms. The van der Waals surface area contributed by atoms with Crippen LogP contribution in [-0.2, 0) is 27.8 Å². The number of furan rings is 1. The number of hydrogen-bond acceptors (Lipinski definition) is 4. The van der Waals surface area contributed by atoms with Crippen molar-refractivity contribution in [3.8, 4) is 0 Å². The van der Waals surface area contributed by atoms with E-state index in [4.69, 9.17) is 9.52 Å². The first-order valence-electron chi connectivity index (χ1n) is 6.88. The van der Waals surface area contributed by atoms with E-state index in [2.05, 4.69) is 0 Å². The zero-order valence-electron chi connectivity index (χ0n) is 12.4. The Hall–Kier alpha value is -2.19. The third kappa shape index (κ3) is 4.17. The van der Waals surface area contributed by atoms with E-state index in [1.54, 1.807) is 0 Å². The summed E-state index contributed by atoms with van der Waals surface area (Å²) in [4.78, 5) is 11.0. The summed E-state index contributed by atoms with van der Waals surface area (Å²) in [5, 5.41) is 8.66. The van der Waals surface area contributed by atoms with Crippen molar-refractivity contribution in [2.24, 2.45) is 0 Å². The predicted molar refractivity (Wildman–Crippen MR) is 79.7 cm³/mol. The summed E-state index contributed by atoms with van der Waals surface area (Å²) in [7, 11) is -4.10. The SMILES string of the molecule is CCc1ccc(S(=O)(=O)N(CC(=O)O)Cc2ccc(F)cc2)o1. The minimum atomic E-state index is -4.10. The molecule has 1 heterocycles. The van der Waals surface area contributed by atoms with Gasteiger partial charge in [0, 0.05) is 13.0 Å². The van der Waals surface area contributed by atoms with Gasteiger partial charge in [0.2, 0.25) is 5.09 Å². The first-order valence-corrected chi connectivity index (χ1v) is 8.32. The molecule has 0 saturated heterocycles. The van der Waals surface area contributed by atoms with Gasteiger partial charge >= 0.3 is 5.97 Å². The lowest BCUT2D eigenvalue weighted by atomic mass is 10.2. The highest BCUT2D eigenvalue weighted by Crippen LogP contribution is 2.21. The Bertz CT molecular complexity index is 782. The van der Waals surface area contributed by atoms with Crippen molar-refractivity contribution in [3.63, 3.8) is 0 Å². The van der Waals surface area contributed by atoms with Gasteiger partial charge in [-0.1, -0.05) is 19.1 Å². The van der Waals surface area contributed by atoms with E-state index in [0.29, 0.717) is 17.7 Å². The summed E-state index contributed by atoms with van der Waals surface area (Å²) in [6, 6.07) is 8.00. The van der Waals surface area contributed by atoms with Crippen molar-refractivity contribution in [1.29, 1.82) is 0 Å². The maximum Gasteiger partial charge on any atom is 0.318 e. The van der Waals surface area contributed by atoms with Gasteiger partial charge in [-0.3, -0.25) is 4.79 Å². The lowest BCUT2D eigenvalue weighted by Crippen LogP contribution is -2.35. The van der Waals surface area contributed by atoms with Crippen molar-refractivity contribution in [2.45, 2.75) is 25.0 Å². The van der Waals surface area contributed by atoms with E-state index < -0.39 is 28.4 Å². The van der Waals surface area contributed by atoms with Crippen LogP contribution in [0.4, 0.5) is 4.39 Å². The topological polar surface area (TPSA) is 87.8 Å². The summed E-state index contributed by atoms with van der Waals surface area (Å²) in [6.07, 6.45) is 0.520. The summed E-state index contributed by atoms with van der Waals surface area (Å²) in [5.74, 6) is -1.27. The van der Waals surface area contributed by atoms with E-state index in [0.717, 1.165) is 4.31 Å². The van der Waals surface area contributed by atoms with Gasteiger partial charge in [-0.15, -0.1) is 0 Å². The van der Waals surface area contributed by atoms with Gasteiger partial charge < -0.3 is 9.52 Å². The number of carboxylic acids is 1. The Morgan fingerprint density at radius 2 is 1.87 bits per heavy atom. The fraction of sp³-hybridized carbons (Fsp3) is 0.267. The van der Waals surface area contributed by atoms with Crippen molar-refractivity contribution in [3.05, 3.63) is 53.5 Å². The number of sulfonamides is 1. The van der Waals surface area contributed by atoms with Crippen LogP contribution in [0.5, 0.6) is 0 Å². The Balaban J connectivity index is 2.32. The van der Waals surface area contributed by atoms with Gasteiger partial charge in [-0.2, -0.15) is 4.31 Å². The molecule has 8 heteroatoms. The maximum atomic E-state index is 12.9. The van der Waals surface area contributed by atoms with E-state index >= 15 is 0 Å². The molecule has 0 spiro atoms. The molecule has 0 saturated carbocycles. The lowest BCUT2D eigenvalue weighted by molar-refractivity contribution is -0.137. The van der Waals surface area contributed by atoms with Crippen LogP contribution in [0.2, 0.25) is 0 Å². The van der Waals surface area contributed by atoms with Gasteiger partial charge in [0.25, 0.3) is 10.0 Å². The molecular weight excluding hydrogens is 325 g/mol. The quantitative estimate of drug-likeness (QED) is 0.834. The van der Waals surface area contributed by atoms with Crippen molar-refractivity contribution < 1.29 is 27.1 Å². The number of aliphatic carboxylic acids is 1. The molecule has 1 aromatic heterocycles. The first kappa shape index (κ1) is 17.2. The van der Waals surface area contributed by atoms with Gasteiger partial charge in [-0.05, 0) is 29.8 Å². The van der Waals surface area contributed by atoms with Crippen LogP contribution in [0.3, 0.4) is 0 Å². The van der Waals surface area contributed by atoms with E-state index in [-0.39, 0.29) is 11.6 Å². The molecule has 0 fully saturated rings. The number of aryl methyl sites for hydroxylation is 1. The highest BCUT2D eigenvalue weighted by atomic mass is 32.2. The monoisotopic (exact) mass is 341 g/mol. The van der Waals surface area contributed by atoms with Crippen LogP contribution in [0.15, 0.2) is 45.9 Å². The molecule has 0 unspecified atom stereocenters. The van der Waals surface area contributed by atoms with Crippen molar-refractivity contribution in [1.82, 2.24) is 4.31 Å². The zero-order chi connectivity index (χ0) is 17.0. The summed E-state index contributed by atoms with van der Waals surface area (Å²) in [6.45, 7) is 0.891. The van der Waals surface area contributed by atoms with E-state index in [9.17, 15) is 17.6 Å². The second-order valence-electron chi connectivity index (χ2n) is 4.87. The average Bonchev–Trinajstić information content (AvgIpc) is 2.98. The first-order chi connectivity index (χ1) is 10.8. The number of benzene rings is 1. The molecular formula is C15H16FNO5S. The van der Waals surface area contributed by atoms with Crippen molar-refractivity contribution >= 4 is 16.0 Å². The molecule has 0 aliphatic rings. The Labute approximate surface area is 133 Å². The molecule has 0 amide bonds. The molecule has 6 nitrogen and oxygen atoms in total. The Morgan fingerprint density at radius 1 is 1.22 bits per heavy atom. The summed E-state index contributed by atoms with van der Waals surface area (Å²) in [5.41, 5.74) is 0.471. The number of nitrogens with zero attached hydrogens (tertiary/aromatic N) is 1. The van der Waals surface area contributed by atoms with Crippen LogP contribution < -0.4 is 0 Å². The molecule has 0 atom stereocenters. The lowest BCUT2D eigenvalue weighted by Gasteiger charge is -2.19. The van der Waals surface area contributed by atoms with E-state index in [1.165, 1.54) is 36.4 Å². The van der Waals surface area contributed by atoms with E-state index in [1.807, 2.05) is 6.92 Å². The number of carbonyl (C=O) groups is 1. The average molecular weight is 341 g/mol. The molecule has 1 aromatic carbocycles. The maximum absolute atomic E-state index is 12.9. The molecule has 1 N–H and O–H groups in total. The van der Waals surface area contributed by atoms with Crippen LogP contribution in [0.25, 0.3) is 0 Å². The van der Waals surface area contributed by atoms with Crippen LogP contribution in [0.1, 0.15) is 18.2 Å². The van der Waals surface area contributed by atoms with Crippen LogP contribution in [0, 0.1) is 5.82 Å². The Morgan fingerprint density at radius 3 is 2.39 bits per heavy atom. The minimum Gasteiger partial charge on any atom is -0.480 e.